The molecule has 1 saturated heterocycles. The van der Waals surface area contributed by atoms with Crippen LogP contribution in [0, 0.1) is 0 Å². The van der Waals surface area contributed by atoms with Crippen LogP contribution in [0.4, 0.5) is 27.0 Å². The third kappa shape index (κ3) is 4.68. The fraction of sp³-hybridized carbons (Fsp3) is 0.130. The molecule has 0 radical (unpaired) electrons. The summed E-state index contributed by atoms with van der Waals surface area (Å²) in [5, 5.41) is 5.07. The summed E-state index contributed by atoms with van der Waals surface area (Å²) in [7, 11) is 0. The van der Waals surface area contributed by atoms with Crippen molar-refractivity contribution < 1.29 is 19.1 Å². The Morgan fingerprint density at radius 2 is 1.91 bits per heavy atom. The van der Waals surface area contributed by atoms with Gasteiger partial charge in [0.05, 0.1) is 29.3 Å². The molecular weight excluding hydrogens is 428 g/mol. The van der Waals surface area contributed by atoms with Gasteiger partial charge in [-0.25, -0.2) is 9.78 Å². The summed E-state index contributed by atoms with van der Waals surface area (Å²) in [6.45, 7) is 2.22. The van der Waals surface area contributed by atoms with Crippen LogP contribution in [0.2, 0.25) is 0 Å². The molecule has 1 fully saturated rings. The van der Waals surface area contributed by atoms with Gasteiger partial charge in [0.15, 0.2) is 5.13 Å². The first kappa shape index (κ1) is 21.3. The third-order valence-electron chi connectivity index (χ3n) is 4.65. The maximum absolute atomic E-state index is 12.5. The zero-order valence-electron chi connectivity index (χ0n) is 17.2. The molecule has 2 aromatic carbocycles. The monoisotopic (exact) mass is 448 g/mol. The van der Waals surface area contributed by atoms with Gasteiger partial charge in [0.2, 0.25) is 11.8 Å². The van der Waals surface area contributed by atoms with E-state index in [1.807, 2.05) is 30.3 Å². The van der Waals surface area contributed by atoms with Crippen molar-refractivity contribution in [3.8, 4) is 0 Å². The van der Waals surface area contributed by atoms with E-state index in [2.05, 4.69) is 10.3 Å². The van der Waals surface area contributed by atoms with E-state index < -0.39 is 6.09 Å². The Bertz CT molecular complexity index is 1180. The second-order valence-corrected chi connectivity index (χ2v) is 7.69. The SMILES string of the molecule is CC(=O)N(c1ccccc1)c1nc(/C=C/C(=O)Nc2ccccc2N2CCOC2=O)cs1. The van der Waals surface area contributed by atoms with Gasteiger partial charge in [-0.1, -0.05) is 30.3 Å². The van der Waals surface area contributed by atoms with Gasteiger partial charge in [0, 0.05) is 18.4 Å². The zero-order valence-corrected chi connectivity index (χ0v) is 18.0. The number of anilines is 4. The summed E-state index contributed by atoms with van der Waals surface area (Å²) < 4.78 is 4.98. The van der Waals surface area contributed by atoms with Crippen molar-refractivity contribution >= 4 is 57.5 Å². The van der Waals surface area contributed by atoms with Crippen molar-refractivity contribution in [2.45, 2.75) is 6.92 Å². The summed E-state index contributed by atoms with van der Waals surface area (Å²) >= 11 is 1.31. The molecule has 0 atom stereocenters. The quantitative estimate of drug-likeness (QED) is 0.563. The molecule has 4 rings (SSSR count). The Hall–Kier alpha value is -3.98. The highest BCUT2D eigenvalue weighted by Gasteiger charge is 2.25. The predicted molar refractivity (Wildman–Crippen MR) is 124 cm³/mol. The van der Waals surface area contributed by atoms with Gasteiger partial charge in [-0.2, -0.15) is 0 Å². The maximum Gasteiger partial charge on any atom is 0.414 e. The van der Waals surface area contributed by atoms with Crippen molar-refractivity contribution in [2.24, 2.45) is 0 Å². The number of para-hydroxylation sites is 3. The molecule has 3 amide bonds. The number of aromatic nitrogens is 1. The van der Waals surface area contributed by atoms with E-state index in [0.29, 0.717) is 35.4 Å². The Balaban J connectivity index is 1.47. The van der Waals surface area contributed by atoms with E-state index in [0.717, 1.165) is 5.69 Å². The molecule has 9 heteroatoms. The van der Waals surface area contributed by atoms with Crippen LogP contribution in [0.15, 0.2) is 66.1 Å². The molecule has 162 valence electrons. The molecule has 1 aliphatic rings. The number of cyclic esters (lactones) is 1. The summed E-state index contributed by atoms with van der Waals surface area (Å²) in [5.41, 5.74) is 2.36. The number of hydrogen-bond acceptors (Lipinski definition) is 6. The average Bonchev–Trinajstić information content (AvgIpc) is 3.42. The molecule has 1 N–H and O–H groups in total. The first-order valence-corrected chi connectivity index (χ1v) is 10.7. The first-order chi connectivity index (χ1) is 15.5. The average molecular weight is 449 g/mol. The van der Waals surface area contributed by atoms with E-state index in [4.69, 9.17) is 4.74 Å². The molecule has 0 saturated carbocycles. The van der Waals surface area contributed by atoms with Crippen LogP contribution < -0.4 is 15.1 Å². The predicted octanol–water partition coefficient (Wildman–Crippen LogP) is 4.44. The lowest BCUT2D eigenvalue weighted by Gasteiger charge is -2.17. The maximum atomic E-state index is 12.5. The van der Waals surface area contributed by atoms with E-state index in [1.165, 1.54) is 34.1 Å². The molecule has 32 heavy (non-hydrogen) atoms. The minimum atomic E-state index is -0.439. The van der Waals surface area contributed by atoms with Crippen LogP contribution >= 0.6 is 11.3 Å². The second kappa shape index (κ2) is 9.44. The van der Waals surface area contributed by atoms with Gasteiger partial charge in [0.1, 0.15) is 6.61 Å². The molecule has 0 unspecified atom stereocenters. The van der Waals surface area contributed by atoms with E-state index in [1.54, 1.807) is 35.7 Å². The lowest BCUT2D eigenvalue weighted by atomic mass is 10.2. The standard InChI is InChI=1S/C23H20N4O4S/c1-16(28)27(18-7-3-2-4-8-18)22-24-17(15-32-22)11-12-21(29)25-19-9-5-6-10-20(19)26-13-14-31-23(26)30/h2-12,15H,13-14H2,1H3,(H,25,29)/b12-11+. The number of amides is 3. The Kier molecular flexibility index (Phi) is 6.27. The Morgan fingerprint density at radius 3 is 2.62 bits per heavy atom. The van der Waals surface area contributed by atoms with E-state index >= 15 is 0 Å². The second-order valence-electron chi connectivity index (χ2n) is 6.85. The number of nitrogens with zero attached hydrogens (tertiary/aromatic N) is 3. The lowest BCUT2D eigenvalue weighted by molar-refractivity contribution is -0.116. The topological polar surface area (TPSA) is 91.8 Å². The number of carbonyl (C=O) groups excluding carboxylic acids is 3. The number of thiazole rings is 1. The molecular formula is C23H20N4O4S. The van der Waals surface area contributed by atoms with Gasteiger partial charge in [-0.15, -0.1) is 11.3 Å². The summed E-state index contributed by atoms with van der Waals surface area (Å²) in [6, 6.07) is 16.3. The highest BCUT2D eigenvalue weighted by molar-refractivity contribution is 7.14. The van der Waals surface area contributed by atoms with Crippen LogP contribution in [0.5, 0.6) is 0 Å². The van der Waals surface area contributed by atoms with Crippen LogP contribution in [0.1, 0.15) is 12.6 Å². The third-order valence-corrected chi connectivity index (χ3v) is 5.49. The Labute approximate surface area is 188 Å². The van der Waals surface area contributed by atoms with Gasteiger partial charge in [-0.05, 0) is 30.3 Å². The number of ether oxygens (including phenoxy) is 1. The van der Waals surface area contributed by atoms with Gasteiger partial charge < -0.3 is 10.1 Å². The molecule has 0 bridgehead atoms. The molecule has 1 aromatic heterocycles. The fourth-order valence-electron chi connectivity index (χ4n) is 3.22. The number of nitrogens with one attached hydrogen (secondary N) is 1. The van der Waals surface area contributed by atoms with Crippen LogP contribution in [-0.4, -0.2) is 36.0 Å². The minimum Gasteiger partial charge on any atom is -0.447 e. The van der Waals surface area contributed by atoms with Crippen LogP contribution in [-0.2, 0) is 14.3 Å². The lowest BCUT2D eigenvalue weighted by Crippen LogP contribution is -2.25. The molecule has 1 aliphatic heterocycles. The van der Waals surface area contributed by atoms with E-state index in [9.17, 15) is 14.4 Å². The number of rotatable bonds is 6. The van der Waals surface area contributed by atoms with Crippen molar-refractivity contribution in [3.63, 3.8) is 0 Å². The first-order valence-electron chi connectivity index (χ1n) is 9.86. The van der Waals surface area contributed by atoms with Crippen molar-refractivity contribution in [2.75, 3.05) is 28.3 Å². The molecule has 3 aromatic rings. The highest BCUT2D eigenvalue weighted by atomic mass is 32.1. The largest absolute Gasteiger partial charge is 0.447 e. The number of benzene rings is 2. The summed E-state index contributed by atoms with van der Waals surface area (Å²) in [6.07, 6.45) is 2.50. The molecule has 0 spiro atoms. The zero-order chi connectivity index (χ0) is 22.5. The fourth-order valence-corrected chi connectivity index (χ4v) is 4.08. The number of carbonyl (C=O) groups is 3. The van der Waals surface area contributed by atoms with E-state index in [-0.39, 0.29) is 11.8 Å². The van der Waals surface area contributed by atoms with Crippen LogP contribution in [0.25, 0.3) is 6.08 Å². The molecule has 0 aliphatic carbocycles. The van der Waals surface area contributed by atoms with Crippen molar-refractivity contribution in [1.82, 2.24) is 4.98 Å². The Morgan fingerprint density at radius 1 is 1.16 bits per heavy atom. The smallest absolute Gasteiger partial charge is 0.414 e. The van der Waals surface area contributed by atoms with Gasteiger partial charge in [-0.3, -0.25) is 19.4 Å². The summed E-state index contributed by atoms with van der Waals surface area (Å²) in [4.78, 5) is 44.0. The molecule has 8 nitrogen and oxygen atoms in total. The summed E-state index contributed by atoms with van der Waals surface area (Å²) in [5.74, 6) is -0.526. The van der Waals surface area contributed by atoms with Gasteiger partial charge >= 0.3 is 6.09 Å². The molecule has 2 heterocycles. The van der Waals surface area contributed by atoms with Crippen molar-refractivity contribution in [3.05, 3.63) is 71.7 Å². The van der Waals surface area contributed by atoms with Crippen molar-refractivity contribution in [1.29, 1.82) is 0 Å². The van der Waals surface area contributed by atoms with Gasteiger partial charge in [0.25, 0.3) is 0 Å². The minimum absolute atomic E-state index is 0.157. The van der Waals surface area contributed by atoms with Crippen LogP contribution in [0.3, 0.4) is 0 Å². The normalized spacial score (nSPS) is 13.3. The highest BCUT2D eigenvalue weighted by Crippen LogP contribution is 2.30. The number of hydrogen-bond donors (Lipinski definition) is 1.